The number of hydrogen-bond donors (Lipinski definition) is 2. The summed E-state index contributed by atoms with van der Waals surface area (Å²) in [6.07, 6.45) is 3.82. The summed E-state index contributed by atoms with van der Waals surface area (Å²) in [5.41, 5.74) is -0.762. The number of imidazole rings is 1. The molecule has 31 heavy (non-hydrogen) atoms. The van der Waals surface area contributed by atoms with Gasteiger partial charge in [-0.2, -0.15) is 0 Å². The van der Waals surface area contributed by atoms with Crippen molar-refractivity contribution in [2.24, 2.45) is 0 Å². The van der Waals surface area contributed by atoms with E-state index in [4.69, 9.17) is 4.74 Å². The van der Waals surface area contributed by atoms with E-state index in [1.807, 2.05) is 12.1 Å². The number of para-hydroxylation sites is 1. The number of benzene rings is 2. The lowest BCUT2D eigenvalue weighted by Crippen LogP contribution is -2.49. The van der Waals surface area contributed by atoms with E-state index in [9.17, 15) is 19.1 Å². The maximum Gasteiger partial charge on any atom is 0.339 e. The molecule has 8 heteroatoms. The number of anilines is 1. The molecule has 2 aromatic carbocycles. The van der Waals surface area contributed by atoms with Crippen molar-refractivity contribution in [1.29, 1.82) is 0 Å². The van der Waals surface area contributed by atoms with Gasteiger partial charge in [-0.05, 0) is 43.9 Å². The smallest absolute Gasteiger partial charge is 0.339 e. The monoisotopic (exact) mass is 421 g/mol. The molecule has 1 aliphatic heterocycles. The van der Waals surface area contributed by atoms with Crippen LogP contribution in [0.2, 0.25) is 0 Å². The van der Waals surface area contributed by atoms with E-state index < -0.39 is 22.9 Å². The molecular weight excluding hydrogens is 401 g/mol. The lowest BCUT2D eigenvalue weighted by atomic mass is 9.72. The molecule has 1 aliphatic carbocycles. The Morgan fingerprint density at radius 2 is 1.81 bits per heavy atom. The second kappa shape index (κ2) is 7.02. The van der Waals surface area contributed by atoms with Crippen molar-refractivity contribution in [3.8, 4) is 5.69 Å². The predicted octanol–water partition coefficient (Wildman–Crippen LogP) is 3.32. The summed E-state index contributed by atoms with van der Waals surface area (Å²) in [6.45, 7) is 0. The number of esters is 1. The molecule has 1 saturated carbocycles. The third kappa shape index (κ3) is 3.19. The average molecular weight is 421 g/mol. The van der Waals surface area contributed by atoms with Crippen molar-refractivity contribution in [2.75, 3.05) is 5.32 Å². The van der Waals surface area contributed by atoms with Crippen molar-refractivity contribution >= 4 is 17.7 Å². The first kappa shape index (κ1) is 19.4. The summed E-state index contributed by atoms with van der Waals surface area (Å²) in [4.78, 5) is 29.1. The third-order valence-electron chi connectivity index (χ3n) is 6.19. The van der Waals surface area contributed by atoms with E-state index in [0.29, 0.717) is 24.1 Å². The lowest BCUT2D eigenvalue weighted by Gasteiger charge is -2.40. The zero-order valence-electron chi connectivity index (χ0n) is 16.5. The Hall–Kier alpha value is -3.52. The standard InChI is InChI=1S/C23H20FN3O4/c24-17-7-3-4-8-18(17)27-13-19(25-14-27)26-21(29)22(30)9-11-23(12-10-22)16-6-2-1-5-15(16)20(28)31-23/h1-8,13-14,30H,9-12H2,(H,26,29)/t22-,23-. The van der Waals surface area contributed by atoms with Crippen molar-refractivity contribution < 1.29 is 23.8 Å². The Balaban J connectivity index is 1.30. The fraction of sp³-hybridized carbons (Fsp3) is 0.261. The van der Waals surface area contributed by atoms with E-state index in [0.717, 1.165) is 5.56 Å². The highest BCUT2D eigenvalue weighted by Crippen LogP contribution is 2.49. The number of hydrogen-bond acceptors (Lipinski definition) is 5. The number of rotatable bonds is 3. The maximum atomic E-state index is 14.0. The number of fused-ring (bicyclic) bond motifs is 2. The van der Waals surface area contributed by atoms with Gasteiger partial charge in [0.1, 0.15) is 23.3 Å². The highest BCUT2D eigenvalue weighted by atomic mass is 19.1. The number of aromatic nitrogens is 2. The minimum absolute atomic E-state index is 0.133. The Morgan fingerprint density at radius 1 is 1.10 bits per heavy atom. The van der Waals surface area contributed by atoms with Crippen molar-refractivity contribution in [3.63, 3.8) is 0 Å². The summed E-state index contributed by atoms with van der Waals surface area (Å²) in [5, 5.41) is 13.6. The van der Waals surface area contributed by atoms with Crippen LogP contribution in [-0.4, -0.2) is 32.1 Å². The van der Waals surface area contributed by atoms with Gasteiger partial charge in [0.05, 0.1) is 17.4 Å². The largest absolute Gasteiger partial charge is 0.451 e. The number of carbonyl (C=O) groups is 2. The summed E-state index contributed by atoms with van der Waals surface area (Å²) in [7, 11) is 0. The average Bonchev–Trinajstić information content (AvgIpc) is 3.34. The van der Waals surface area contributed by atoms with Gasteiger partial charge in [0, 0.05) is 5.56 Å². The highest BCUT2D eigenvalue weighted by molar-refractivity contribution is 5.97. The molecule has 1 amide bonds. The normalized spacial score (nSPS) is 24.6. The molecule has 2 heterocycles. The van der Waals surface area contributed by atoms with E-state index in [2.05, 4.69) is 10.3 Å². The number of carbonyl (C=O) groups excluding carboxylic acids is 2. The molecular formula is C23H20FN3O4. The maximum absolute atomic E-state index is 14.0. The van der Waals surface area contributed by atoms with Crippen molar-refractivity contribution in [3.05, 3.63) is 78.0 Å². The van der Waals surface area contributed by atoms with Gasteiger partial charge in [-0.1, -0.05) is 30.3 Å². The van der Waals surface area contributed by atoms with Crippen molar-refractivity contribution in [2.45, 2.75) is 36.9 Å². The van der Waals surface area contributed by atoms with Crippen LogP contribution in [0.3, 0.4) is 0 Å². The minimum Gasteiger partial charge on any atom is -0.451 e. The van der Waals surface area contributed by atoms with Gasteiger partial charge in [-0.15, -0.1) is 0 Å². The Labute approximate surface area is 177 Å². The molecule has 158 valence electrons. The van der Waals surface area contributed by atoms with Crippen LogP contribution in [0.25, 0.3) is 5.69 Å². The van der Waals surface area contributed by atoms with Crippen LogP contribution in [0.5, 0.6) is 0 Å². The first-order valence-corrected chi connectivity index (χ1v) is 10.1. The lowest BCUT2D eigenvalue weighted by molar-refractivity contribution is -0.144. The summed E-state index contributed by atoms with van der Waals surface area (Å²) in [6, 6.07) is 13.4. The SMILES string of the molecule is O=C1O[C@]2(CC[C@@](O)(C(=O)Nc3cn(-c4ccccc4F)cn3)CC2)c2ccccc21. The Bertz CT molecular complexity index is 1180. The summed E-state index contributed by atoms with van der Waals surface area (Å²) < 4.78 is 21.1. The topological polar surface area (TPSA) is 93.5 Å². The van der Waals surface area contributed by atoms with Crippen molar-refractivity contribution in [1.82, 2.24) is 9.55 Å². The van der Waals surface area contributed by atoms with E-state index >= 15 is 0 Å². The molecule has 0 radical (unpaired) electrons. The van der Waals surface area contributed by atoms with Gasteiger partial charge in [0.2, 0.25) is 0 Å². The van der Waals surface area contributed by atoms with Gasteiger partial charge in [-0.3, -0.25) is 4.79 Å². The number of halogens is 1. The van der Waals surface area contributed by atoms with Crippen LogP contribution in [0.1, 0.15) is 41.6 Å². The van der Waals surface area contributed by atoms with E-state index in [1.54, 1.807) is 30.3 Å². The molecule has 2 N–H and O–H groups in total. The number of ether oxygens (including phenoxy) is 1. The molecule has 7 nitrogen and oxygen atoms in total. The second-order valence-electron chi connectivity index (χ2n) is 8.03. The van der Waals surface area contributed by atoms with Crippen LogP contribution >= 0.6 is 0 Å². The number of amides is 1. The summed E-state index contributed by atoms with van der Waals surface area (Å²) >= 11 is 0. The second-order valence-corrected chi connectivity index (χ2v) is 8.03. The zero-order valence-corrected chi connectivity index (χ0v) is 16.5. The van der Waals surface area contributed by atoms with Gasteiger partial charge in [0.25, 0.3) is 5.91 Å². The molecule has 0 saturated heterocycles. The Kier molecular flexibility index (Phi) is 4.40. The first-order chi connectivity index (χ1) is 14.9. The van der Waals surface area contributed by atoms with Gasteiger partial charge in [-0.25, -0.2) is 14.2 Å². The Morgan fingerprint density at radius 3 is 2.58 bits per heavy atom. The number of nitrogens with zero attached hydrogens (tertiary/aromatic N) is 2. The fourth-order valence-electron chi connectivity index (χ4n) is 4.42. The number of nitrogens with one attached hydrogen (secondary N) is 1. The van der Waals surface area contributed by atoms with Crippen LogP contribution in [0, 0.1) is 5.82 Å². The molecule has 0 bridgehead atoms. The molecule has 1 fully saturated rings. The van der Waals surface area contributed by atoms with E-state index in [-0.39, 0.29) is 24.6 Å². The molecule has 5 rings (SSSR count). The van der Waals surface area contributed by atoms with E-state index in [1.165, 1.54) is 23.2 Å². The van der Waals surface area contributed by atoms with Crippen LogP contribution in [0.15, 0.2) is 61.1 Å². The van der Waals surface area contributed by atoms with Crippen LogP contribution < -0.4 is 5.32 Å². The van der Waals surface area contributed by atoms with Crippen LogP contribution in [-0.2, 0) is 15.1 Å². The molecule has 3 aromatic rings. The number of aliphatic hydroxyl groups is 1. The predicted molar refractivity (Wildman–Crippen MR) is 109 cm³/mol. The highest BCUT2D eigenvalue weighted by Gasteiger charge is 2.52. The molecule has 1 spiro atoms. The van der Waals surface area contributed by atoms with Gasteiger partial charge in [0.15, 0.2) is 5.82 Å². The molecule has 2 aliphatic rings. The fourth-order valence-corrected chi connectivity index (χ4v) is 4.42. The minimum atomic E-state index is -1.61. The quantitative estimate of drug-likeness (QED) is 0.633. The first-order valence-electron chi connectivity index (χ1n) is 10.1. The third-order valence-corrected chi connectivity index (χ3v) is 6.19. The molecule has 1 aromatic heterocycles. The van der Waals surface area contributed by atoms with Crippen LogP contribution in [0.4, 0.5) is 10.2 Å². The van der Waals surface area contributed by atoms with Gasteiger partial charge < -0.3 is 19.7 Å². The molecule has 0 unspecified atom stereocenters. The van der Waals surface area contributed by atoms with Gasteiger partial charge >= 0.3 is 5.97 Å². The zero-order chi connectivity index (χ0) is 21.6. The molecule has 0 atom stereocenters. The summed E-state index contributed by atoms with van der Waals surface area (Å²) in [5.74, 6) is -1.16.